The fraction of sp³-hybridized carbons (Fsp3) is 1.00. The highest BCUT2D eigenvalue weighted by Gasteiger charge is 2.31. The van der Waals surface area contributed by atoms with E-state index in [4.69, 9.17) is 0 Å². The topological polar surface area (TPSA) is 29.1 Å². The van der Waals surface area contributed by atoms with Crippen molar-refractivity contribution >= 4 is 10.8 Å². The Morgan fingerprint density at radius 2 is 2.07 bits per heavy atom. The molecule has 15 heavy (non-hydrogen) atoms. The average Bonchev–Trinajstić information content (AvgIpc) is 2.16. The first kappa shape index (κ1) is 13.2. The summed E-state index contributed by atoms with van der Waals surface area (Å²) >= 11 is 0. The molecule has 4 atom stereocenters. The Bertz CT molecular complexity index is 218. The zero-order chi connectivity index (χ0) is 11.4. The van der Waals surface area contributed by atoms with E-state index in [2.05, 4.69) is 26.1 Å². The monoisotopic (exact) mass is 231 g/mol. The van der Waals surface area contributed by atoms with Crippen molar-refractivity contribution < 1.29 is 4.21 Å². The first-order chi connectivity index (χ1) is 7.04. The average molecular weight is 231 g/mol. The van der Waals surface area contributed by atoms with Crippen molar-refractivity contribution in [3.05, 3.63) is 0 Å². The fourth-order valence-corrected chi connectivity index (χ4v) is 4.49. The standard InChI is InChI=1S/C12H25NOS/c1-9(2)8-15(14)12-7-10(3)5-6-11(12)13-4/h9-13H,5-8H2,1-4H3. The molecule has 1 rings (SSSR count). The van der Waals surface area contributed by atoms with Gasteiger partial charge in [0.05, 0.1) is 5.25 Å². The quantitative estimate of drug-likeness (QED) is 0.803. The van der Waals surface area contributed by atoms with Crippen molar-refractivity contribution in [3.8, 4) is 0 Å². The maximum atomic E-state index is 12.2. The van der Waals surface area contributed by atoms with Crippen LogP contribution in [0.1, 0.15) is 40.0 Å². The maximum Gasteiger partial charge on any atom is 0.0503 e. The summed E-state index contributed by atoms with van der Waals surface area (Å²) in [5.74, 6) is 2.14. The highest BCUT2D eigenvalue weighted by molar-refractivity contribution is 7.85. The molecule has 0 bridgehead atoms. The Hall–Kier alpha value is 0.110. The third-order valence-corrected chi connectivity index (χ3v) is 5.45. The number of hydrogen-bond acceptors (Lipinski definition) is 2. The van der Waals surface area contributed by atoms with Gasteiger partial charge in [-0.1, -0.05) is 20.8 Å². The molecule has 0 heterocycles. The molecule has 1 fully saturated rings. The van der Waals surface area contributed by atoms with Gasteiger partial charge in [0.2, 0.25) is 0 Å². The van der Waals surface area contributed by atoms with Crippen molar-refractivity contribution in [3.63, 3.8) is 0 Å². The predicted octanol–water partition coefficient (Wildman–Crippen LogP) is 2.17. The fourth-order valence-electron chi connectivity index (χ4n) is 2.40. The van der Waals surface area contributed by atoms with Gasteiger partial charge in [-0.2, -0.15) is 0 Å². The molecule has 0 spiro atoms. The normalized spacial score (nSPS) is 34.3. The maximum absolute atomic E-state index is 12.2. The van der Waals surface area contributed by atoms with Crippen LogP contribution in [0.15, 0.2) is 0 Å². The largest absolute Gasteiger partial charge is 0.316 e. The van der Waals surface area contributed by atoms with Crippen LogP contribution in [0.25, 0.3) is 0 Å². The third-order valence-electron chi connectivity index (χ3n) is 3.26. The van der Waals surface area contributed by atoms with Crippen LogP contribution in [0, 0.1) is 11.8 Å². The van der Waals surface area contributed by atoms with E-state index in [9.17, 15) is 4.21 Å². The zero-order valence-corrected chi connectivity index (χ0v) is 11.3. The van der Waals surface area contributed by atoms with Crippen molar-refractivity contribution in [1.29, 1.82) is 0 Å². The van der Waals surface area contributed by atoms with Crippen LogP contribution in [0.2, 0.25) is 0 Å². The summed E-state index contributed by atoms with van der Waals surface area (Å²) in [6.45, 7) is 6.59. The summed E-state index contributed by atoms with van der Waals surface area (Å²) < 4.78 is 12.2. The van der Waals surface area contributed by atoms with Crippen molar-refractivity contribution in [1.82, 2.24) is 5.32 Å². The molecule has 90 valence electrons. The Balaban J connectivity index is 2.58. The van der Waals surface area contributed by atoms with Crippen molar-refractivity contribution in [2.24, 2.45) is 11.8 Å². The molecule has 4 unspecified atom stereocenters. The molecular weight excluding hydrogens is 206 g/mol. The van der Waals surface area contributed by atoms with E-state index in [0.717, 1.165) is 18.1 Å². The molecule has 0 aromatic rings. The van der Waals surface area contributed by atoms with E-state index >= 15 is 0 Å². The Kier molecular flexibility index (Phi) is 5.27. The van der Waals surface area contributed by atoms with E-state index < -0.39 is 10.8 Å². The molecule has 2 nitrogen and oxygen atoms in total. The molecule has 1 N–H and O–H groups in total. The van der Waals surface area contributed by atoms with Gasteiger partial charge in [-0.05, 0) is 38.1 Å². The van der Waals surface area contributed by atoms with Crippen LogP contribution in [0.4, 0.5) is 0 Å². The number of rotatable bonds is 4. The molecule has 3 heteroatoms. The van der Waals surface area contributed by atoms with E-state index in [1.165, 1.54) is 12.8 Å². The molecule has 1 aliphatic rings. The van der Waals surface area contributed by atoms with Crippen LogP contribution in [0.3, 0.4) is 0 Å². The first-order valence-corrected chi connectivity index (χ1v) is 7.47. The molecule has 0 amide bonds. The highest BCUT2D eigenvalue weighted by atomic mass is 32.2. The van der Waals surface area contributed by atoms with Gasteiger partial charge in [0.1, 0.15) is 0 Å². The summed E-state index contributed by atoms with van der Waals surface area (Å²) in [5.41, 5.74) is 0. The van der Waals surface area contributed by atoms with Gasteiger partial charge in [-0.25, -0.2) is 0 Å². The second kappa shape index (κ2) is 6.00. The molecule has 0 saturated heterocycles. The van der Waals surface area contributed by atoms with Gasteiger partial charge in [-0.15, -0.1) is 0 Å². The van der Waals surface area contributed by atoms with E-state index in [-0.39, 0.29) is 0 Å². The summed E-state index contributed by atoms with van der Waals surface area (Å²) in [7, 11) is 1.35. The number of nitrogens with one attached hydrogen (secondary N) is 1. The van der Waals surface area contributed by atoms with Crippen LogP contribution >= 0.6 is 0 Å². The molecule has 0 radical (unpaired) electrons. The van der Waals surface area contributed by atoms with E-state index in [0.29, 0.717) is 17.2 Å². The lowest BCUT2D eigenvalue weighted by atomic mass is 9.87. The van der Waals surface area contributed by atoms with Gasteiger partial charge in [0.15, 0.2) is 0 Å². The van der Waals surface area contributed by atoms with Crippen LogP contribution in [-0.2, 0) is 10.8 Å². The first-order valence-electron chi connectivity index (χ1n) is 6.09. The van der Waals surface area contributed by atoms with Crippen molar-refractivity contribution in [2.75, 3.05) is 12.8 Å². The molecule has 0 aliphatic heterocycles. The molecule has 0 aromatic heterocycles. The minimum Gasteiger partial charge on any atom is -0.316 e. The van der Waals surface area contributed by atoms with Gasteiger partial charge < -0.3 is 5.32 Å². The van der Waals surface area contributed by atoms with Gasteiger partial charge >= 0.3 is 0 Å². The number of hydrogen-bond donors (Lipinski definition) is 1. The minimum atomic E-state index is -0.650. The van der Waals surface area contributed by atoms with Crippen LogP contribution in [0.5, 0.6) is 0 Å². The smallest absolute Gasteiger partial charge is 0.0503 e. The van der Waals surface area contributed by atoms with E-state index in [1.54, 1.807) is 0 Å². The van der Waals surface area contributed by atoms with Gasteiger partial charge in [0.25, 0.3) is 0 Å². The molecular formula is C12H25NOS. The zero-order valence-electron chi connectivity index (χ0n) is 10.5. The summed E-state index contributed by atoms with van der Waals surface area (Å²) in [5, 5.41) is 3.71. The van der Waals surface area contributed by atoms with Gasteiger partial charge in [0, 0.05) is 22.6 Å². The SMILES string of the molecule is CNC1CCC(C)CC1S(=O)CC(C)C. The summed E-state index contributed by atoms with van der Waals surface area (Å²) in [6.07, 6.45) is 3.60. The summed E-state index contributed by atoms with van der Waals surface area (Å²) in [4.78, 5) is 0. The van der Waals surface area contributed by atoms with Crippen molar-refractivity contribution in [2.45, 2.75) is 51.3 Å². The van der Waals surface area contributed by atoms with Gasteiger partial charge in [-0.3, -0.25) is 4.21 Å². The lowest BCUT2D eigenvalue weighted by Crippen LogP contribution is -2.45. The molecule has 1 saturated carbocycles. The van der Waals surface area contributed by atoms with Crippen LogP contribution in [-0.4, -0.2) is 28.3 Å². The second-order valence-electron chi connectivity index (χ2n) is 5.29. The molecule has 1 aliphatic carbocycles. The lowest BCUT2D eigenvalue weighted by Gasteiger charge is -2.34. The Morgan fingerprint density at radius 3 is 2.60 bits per heavy atom. The minimum absolute atomic E-state index is 0.376. The highest BCUT2D eigenvalue weighted by Crippen LogP contribution is 2.28. The third kappa shape index (κ3) is 3.87. The Morgan fingerprint density at radius 1 is 1.40 bits per heavy atom. The predicted molar refractivity (Wildman–Crippen MR) is 67.5 cm³/mol. The summed E-state index contributed by atoms with van der Waals surface area (Å²) in [6, 6.07) is 0.473. The lowest BCUT2D eigenvalue weighted by molar-refractivity contribution is 0.324. The molecule has 0 aromatic carbocycles. The van der Waals surface area contributed by atoms with Crippen LogP contribution < -0.4 is 5.32 Å². The second-order valence-corrected chi connectivity index (χ2v) is 6.99. The van der Waals surface area contributed by atoms with E-state index in [1.807, 2.05) is 7.05 Å². The Labute approximate surface area is 96.7 Å².